The molecule has 0 unspecified atom stereocenters. The summed E-state index contributed by atoms with van der Waals surface area (Å²) in [6.45, 7) is 11.5. The van der Waals surface area contributed by atoms with Crippen LogP contribution in [-0.4, -0.2) is 8.07 Å². The molecule has 0 aliphatic rings. The van der Waals surface area contributed by atoms with E-state index in [4.69, 9.17) is 0 Å². The minimum atomic E-state index is -1.45. The molecule has 1 rings (SSSR count). The fourth-order valence-corrected chi connectivity index (χ4v) is 1.84. The zero-order valence-corrected chi connectivity index (χ0v) is 12.0. The zero-order chi connectivity index (χ0) is 12.2. The van der Waals surface area contributed by atoms with Gasteiger partial charge in [-0.25, -0.2) is 0 Å². The third kappa shape index (κ3) is 3.54. The number of hydrogen-bond donors (Lipinski definition) is 0. The van der Waals surface area contributed by atoms with Gasteiger partial charge in [-0.15, -0.1) is 11.5 Å². The highest BCUT2D eigenvalue weighted by atomic mass is 28.3. The summed E-state index contributed by atoms with van der Waals surface area (Å²) in [4.78, 5) is 0. The summed E-state index contributed by atoms with van der Waals surface area (Å²) < 4.78 is 0. The minimum absolute atomic E-state index is 0.338. The summed E-state index contributed by atoms with van der Waals surface area (Å²) in [6, 6.07) is 10.3. The van der Waals surface area contributed by atoms with Crippen molar-refractivity contribution in [3.8, 4) is 11.5 Å². The lowest BCUT2D eigenvalue weighted by Gasteiger charge is -2.31. The molecule has 0 aliphatic heterocycles. The van der Waals surface area contributed by atoms with Crippen LogP contribution in [0.25, 0.3) is 0 Å². The van der Waals surface area contributed by atoms with Crippen molar-refractivity contribution in [3.05, 3.63) is 42.3 Å². The summed E-state index contributed by atoms with van der Waals surface area (Å²) in [5, 5.41) is 0.338. The van der Waals surface area contributed by atoms with Gasteiger partial charge in [-0.3, -0.25) is 0 Å². The predicted molar refractivity (Wildman–Crippen MR) is 74.8 cm³/mol. The first-order valence-electron chi connectivity index (χ1n) is 5.74. The van der Waals surface area contributed by atoms with E-state index in [2.05, 4.69) is 57.5 Å². The van der Waals surface area contributed by atoms with E-state index in [1.54, 1.807) is 0 Å². The van der Waals surface area contributed by atoms with Crippen LogP contribution in [0, 0.1) is 17.9 Å². The first-order valence-corrected chi connectivity index (χ1v) is 8.74. The molecule has 0 spiro atoms. The molecule has 16 heavy (non-hydrogen) atoms. The maximum atomic E-state index is 3.48. The van der Waals surface area contributed by atoms with Crippen LogP contribution in [0.3, 0.4) is 0 Å². The highest BCUT2D eigenvalue weighted by molar-refractivity contribution is 6.87. The van der Waals surface area contributed by atoms with Gasteiger partial charge in [-0.05, 0) is 10.6 Å². The predicted octanol–water partition coefficient (Wildman–Crippen LogP) is 4.29. The molecular weight excluding hydrogens is 208 g/mol. The standard InChI is InChI=1S/C15H21Si/c1-15(2,3)16(4,5)13-9-12-14-10-7-6-8-11-14/h6-8,10-12H,1-5H3. The quantitative estimate of drug-likeness (QED) is 0.498. The van der Waals surface area contributed by atoms with Crippen LogP contribution in [0.2, 0.25) is 18.1 Å². The van der Waals surface area contributed by atoms with Gasteiger partial charge in [0.05, 0.1) is 6.42 Å². The van der Waals surface area contributed by atoms with Gasteiger partial charge in [-0.2, -0.15) is 0 Å². The van der Waals surface area contributed by atoms with Crippen LogP contribution in [0.15, 0.2) is 30.3 Å². The SMILES string of the molecule is CC(C)(C)[Si](C)(C)C#C[CH]c1ccccc1. The molecule has 0 heterocycles. The van der Waals surface area contributed by atoms with Crippen molar-refractivity contribution < 1.29 is 0 Å². The van der Waals surface area contributed by atoms with Gasteiger partial charge in [0.15, 0.2) is 0 Å². The van der Waals surface area contributed by atoms with Crippen LogP contribution < -0.4 is 0 Å². The minimum Gasteiger partial charge on any atom is -0.130 e. The molecule has 0 atom stereocenters. The molecule has 0 saturated carbocycles. The Hall–Kier alpha value is -1.00. The van der Waals surface area contributed by atoms with E-state index in [0.717, 1.165) is 0 Å². The fraction of sp³-hybridized carbons (Fsp3) is 0.400. The molecule has 0 aliphatic carbocycles. The van der Waals surface area contributed by atoms with Crippen LogP contribution in [0.5, 0.6) is 0 Å². The van der Waals surface area contributed by atoms with E-state index in [9.17, 15) is 0 Å². The molecule has 1 heteroatoms. The van der Waals surface area contributed by atoms with Crippen LogP contribution >= 0.6 is 0 Å². The van der Waals surface area contributed by atoms with Crippen LogP contribution in [0.1, 0.15) is 26.3 Å². The Kier molecular flexibility index (Phi) is 3.99. The van der Waals surface area contributed by atoms with Crippen LogP contribution in [0.4, 0.5) is 0 Å². The molecule has 0 saturated heterocycles. The monoisotopic (exact) mass is 229 g/mol. The van der Waals surface area contributed by atoms with Crippen molar-refractivity contribution >= 4 is 8.07 Å². The second-order valence-electron chi connectivity index (χ2n) is 5.70. The van der Waals surface area contributed by atoms with Gasteiger partial charge in [0.2, 0.25) is 0 Å². The van der Waals surface area contributed by atoms with Gasteiger partial charge in [0.1, 0.15) is 8.07 Å². The first kappa shape index (κ1) is 13.1. The van der Waals surface area contributed by atoms with Crippen LogP contribution in [-0.2, 0) is 0 Å². The average Bonchev–Trinajstić information content (AvgIpc) is 2.17. The molecule has 0 nitrogen and oxygen atoms in total. The lowest BCUT2D eigenvalue weighted by molar-refractivity contribution is 0.731. The molecule has 1 aromatic carbocycles. The highest BCUT2D eigenvalue weighted by Crippen LogP contribution is 2.35. The van der Waals surface area contributed by atoms with Crippen molar-refractivity contribution in [1.82, 2.24) is 0 Å². The third-order valence-electron chi connectivity index (χ3n) is 3.30. The average molecular weight is 229 g/mol. The van der Waals surface area contributed by atoms with Gasteiger partial charge in [0, 0.05) is 0 Å². The van der Waals surface area contributed by atoms with Gasteiger partial charge in [-0.1, -0.05) is 64.2 Å². The summed E-state index contributed by atoms with van der Waals surface area (Å²) in [7, 11) is -1.45. The summed E-state index contributed by atoms with van der Waals surface area (Å²) >= 11 is 0. The maximum Gasteiger partial charge on any atom is 0.137 e. The number of hydrogen-bond acceptors (Lipinski definition) is 0. The molecule has 1 radical (unpaired) electrons. The third-order valence-corrected chi connectivity index (χ3v) is 7.82. The summed E-state index contributed by atoms with van der Waals surface area (Å²) in [5.74, 6) is 3.24. The molecule has 0 aromatic heterocycles. The Labute approximate surface area is 101 Å². The molecular formula is C15H21Si. The van der Waals surface area contributed by atoms with E-state index >= 15 is 0 Å². The van der Waals surface area contributed by atoms with Crippen molar-refractivity contribution in [1.29, 1.82) is 0 Å². The second-order valence-corrected chi connectivity index (χ2v) is 10.7. The van der Waals surface area contributed by atoms with Gasteiger partial charge in [0.25, 0.3) is 0 Å². The van der Waals surface area contributed by atoms with E-state index < -0.39 is 8.07 Å². The van der Waals surface area contributed by atoms with Crippen molar-refractivity contribution in [2.45, 2.75) is 38.9 Å². The molecule has 1 aromatic rings. The molecule has 0 bridgehead atoms. The smallest absolute Gasteiger partial charge is 0.130 e. The Bertz CT molecular complexity index is 385. The van der Waals surface area contributed by atoms with E-state index in [1.807, 2.05) is 24.6 Å². The van der Waals surface area contributed by atoms with E-state index in [1.165, 1.54) is 5.56 Å². The second kappa shape index (κ2) is 4.89. The van der Waals surface area contributed by atoms with Gasteiger partial charge < -0.3 is 0 Å². The van der Waals surface area contributed by atoms with Crippen molar-refractivity contribution in [2.24, 2.45) is 0 Å². The molecule has 0 fully saturated rings. The normalized spacial score (nSPS) is 11.8. The Morgan fingerprint density at radius 3 is 2.12 bits per heavy atom. The molecule has 0 amide bonds. The topological polar surface area (TPSA) is 0 Å². The summed E-state index contributed by atoms with van der Waals surface area (Å²) in [6.07, 6.45) is 2.01. The lowest BCUT2D eigenvalue weighted by Crippen LogP contribution is -2.35. The highest BCUT2D eigenvalue weighted by Gasteiger charge is 2.33. The van der Waals surface area contributed by atoms with Gasteiger partial charge >= 0.3 is 0 Å². The Morgan fingerprint density at radius 1 is 1.06 bits per heavy atom. The van der Waals surface area contributed by atoms with E-state index in [-0.39, 0.29) is 0 Å². The van der Waals surface area contributed by atoms with Crippen molar-refractivity contribution in [2.75, 3.05) is 0 Å². The number of rotatable bonds is 1. The van der Waals surface area contributed by atoms with E-state index in [0.29, 0.717) is 5.04 Å². The fourth-order valence-electron chi connectivity index (χ4n) is 1.04. The van der Waals surface area contributed by atoms with Crippen molar-refractivity contribution in [3.63, 3.8) is 0 Å². The molecule has 85 valence electrons. The number of benzene rings is 1. The largest absolute Gasteiger partial charge is 0.137 e. The first-order chi connectivity index (χ1) is 7.33. The Balaban J connectivity index is 2.70. The molecule has 0 N–H and O–H groups in total. The lowest BCUT2D eigenvalue weighted by atomic mass is 10.2. The maximum absolute atomic E-state index is 3.48. The summed E-state index contributed by atoms with van der Waals surface area (Å²) in [5.41, 5.74) is 4.67. The zero-order valence-electron chi connectivity index (χ0n) is 11.0. The Morgan fingerprint density at radius 2 is 1.62 bits per heavy atom.